The van der Waals surface area contributed by atoms with Crippen molar-refractivity contribution in [2.75, 3.05) is 0 Å². The van der Waals surface area contributed by atoms with Crippen LogP contribution < -0.4 is 5.32 Å². The average molecular weight is 229 g/mol. The first-order valence-corrected chi connectivity index (χ1v) is 5.58. The smallest absolute Gasteiger partial charge is 0.224 e. The van der Waals surface area contributed by atoms with Gasteiger partial charge in [-0.3, -0.25) is 4.79 Å². The largest absolute Gasteiger partial charge is 0.467 e. The molecule has 0 bridgehead atoms. The summed E-state index contributed by atoms with van der Waals surface area (Å²) in [6.45, 7) is 2.46. The highest BCUT2D eigenvalue weighted by molar-refractivity contribution is 5.78. The zero-order chi connectivity index (χ0) is 12.1. The molecule has 0 aliphatic carbocycles. The Morgan fingerprint density at radius 3 is 2.88 bits per heavy atom. The van der Waals surface area contributed by atoms with Gasteiger partial charge in [0.25, 0.3) is 0 Å². The lowest BCUT2D eigenvalue weighted by molar-refractivity contribution is -0.120. The molecule has 0 spiro atoms. The Morgan fingerprint density at radius 2 is 2.18 bits per heavy atom. The number of rotatable bonds is 4. The molecule has 3 nitrogen and oxygen atoms in total. The minimum atomic E-state index is 0.00648. The van der Waals surface area contributed by atoms with Crippen LogP contribution in [0.3, 0.4) is 0 Å². The molecule has 1 heterocycles. The van der Waals surface area contributed by atoms with E-state index in [9.17, 15) is 4.79 Å². The van der Waals surface area contributed by atoms with Gasteiger partial charge >= 0.3 is 0 Å². The van der Waals surface area contributed by atoms with Crippen molar-refractivity contribution < 1.29 is 9.21 Å². The minimum Gasteiger partial charge on any atom is -0.467 e. The molecule has 2 rings (SSSR count). The van der Waals surface area contributed by atoms with Crippen LogP contribution in [0.1, 0.15) is 16.9 Å². The van der Waals surface area contributed by atoms with Crippen molar-refractivity contribution in [3.05, 3.63) is 59.5 Å². The van der Waals surface area contributed by atoms with Gasteiger partial charge in [-0.25, -0.2) is 0 Å². The summed E-state index contributed by atoms with van der Waals surface area (Å²) in [5.41, 5.74) is 2.20. The fraction of sp³-hybridized carbons (Fsp3) is 0.214. The first kappa shape index (κ1) is 11.5. The third-order valence-corrected chi connectivity index (χ3v) is 2.49. The van der Waals surface area contributed by atoms with Crippen LogP contribution in [-0.4, -0.2) is 5.91 Å². The molecule has 0 radical (unpaired) electrons. The molecule has 0 saturated heterocycles. The van der Waals surface area contributed by atoms with E-state index in [4.69, 9.17) is 4.42 Å². The number of carbonyl (C=O) groups is 1. The van der Waals surface area contributed by atoms with Gasteiger partial charge in [-0.05, 0) is 24.6 Å². The molecule has 0 fully saturated rings. The quantitative estimate of drug-likeness (QED) is 0.875. The van der Waals surface area contributed by atoms with E-state index in [-0.39, 0.29) is 5.91 Å². The maximum atomic E-state index is 11.7. The molecule has 0 unspecified atom stereocenters. The van der Waals surface area contributed by atoms with Crippen LogP contribution in [0.4, 0.5) is 0 Å². The fourth-order valence-corrected chi connectivity index (χ4v) is 1.67. The molecule has 1 N–H and O–H groups in total. The van der Waals surface area contributed by atoms with E-state index in [1.165, 1.54) is 5.56 Å². The summed E-state index contributed by atoms with van der Waals surface area (Å²) in [5, 5.41) is 2.82. The Labute approximate surface area is 100 Å². The highest BCUT2D eigenvalue weighted by Gasteiger charge is 2.04. The number of benzene rings is 1. The van der Waals surface area contributed by atoms with Crippen LogP contribution in [0.25, 0.3) is 0 Å². The highest BCUT2D eigenvalue weighted by atomic mass is 16.3. The Kier molecular flexibility index (Phi) is 3.60. The van der Waals surface area contributed by atoms with Crippen molar-refractivity contribution >= 4 is 5.91 Å². The van der Waals surface area contributed by atoms with Gasteiger partial charge in [-0.1, -0.05) is 29.8 Å². The lowest BCUT2D eigenvalue weighted by Gasteiger charge is -2.04. The first-order valence-electron chi connectivity index (χ1n) is 5.58. The molecular weight excluding hydrogens is 214 g/mol. The van der Waals surface area contributed by atoms with Gasteiger partial charge in [0.05, 0.1) is 19.2 Å². The molecule has 2 aromatic rings. The van der Waals surface area contributed by atoms with Crippen molar-refractivity contribution in [3.8, 4) is 0 Å². The van der Waals surface area contributed by atoms with Gasteiger partial charge in [-0.15, -0.1) is 0 Å². The molecule has 88 valence electrons. The van der Waals surface area contributed by atoms with Crippen LogP contribution in [-0.2, 0) is 17.8 Å². The van der Waals surface area contributed by atoms with Gasteiger partial charge in [0.1, 0.15) is 5.76 Å². The standard InChI is InChI=1S/C14H15NO2/c1-11-4-2-5-12(8-11)9-14(16)15-10-13-6-3-7-17-13/h2-8H,9-10H2,1H3,(H,15,16). The summed E-state index contributed by atoms with van der Waals surface area (Å²) < 4.78 is 5.14. The third kappa shape index (κ3) is 3.48. The number of hydrogen-bond donors (Lipinski definition) is 1. The van der Waals surface area contributed by atoms with Crippen LogP contribution in [0.5, 0.6) is 0 Å². The zero-order valence-electron chi connectivity index (χ0n) is 9.77. The molecule has 1 aromatic carbocycles. The second kappa shape index (κ2) is 5.34. The summed E-state index contributed by atoms with van der Waals surface area (Å²) in [4.78, 5) is 11.7. The highest BCUT2D eigenvalue weighted by Crippen LogP contribution is 2.05. The molecule has 0 saturated carbocycles. The van der Waals surface area contributed by atoms with Crippen LogP contribution in [0, 0.1) is 6.92 Å². The van der Waals surface area contributed by atoms with Crippen molar-refractivity contribution in [2.45, 2.75) is 19.9 Å². The number of carbonyl (C=O) groups excluding carboxylic acids is 1. The monoisotopic (exact) mass is 229 g/mol. The minimum absolute atomic E-state index is 0.00648. The lowest BCUT2D eigenvalue weighted by Crippen LogP contribution is -2.24. The van der Waals surface area contributed by atoms with E-state index in [1.807, 2.05) is 43.3 Å². The number of hydrogen-bond acceptors (Lipinski definition) is 2. The average Bonchev–Trinajstić information content (AvgIpc) is 2.79. The van der Waals surface area contributed by atoms with Gasteiger partial charge in [0.15, 0.2) is 0 Å². The van der Waals surface area contributed by atoms with Crippen LogP contribution in [0.15, 0.2) is 47.1 Å². The molecule has 1 aromatic heterocycles. The van der Waals surface area contributed by atoms with Crippen molar-refractivity contribution in [1.82, 2.24) is 5.32 Å². The Balaban J connectivity index is 1.85. The molecule has 17 heavy (non-hydrogen) atoms. The van der Waals surface area contributed by atoms with Gasteiger partial charge in [0, 0.05) is 0 Å². The van der Waals surface area contributed by atoms with E-state index >= 15 is 0 Å². The topological polar surface area (TPSA) is 42.2 Å². The van der Waals surface area contributed by atoms with Gasteiger partial charge in [-0.2, -0.15) is 0 Å². The number of amides is 1. The number of furan rings is 1. The molecule has 1 amide bonds. The molecule has 0 aliphatic rings. The van der Waals surface area contributed by atoms with E-state index in [0.29, 0.717) is 13.0 Å². The maximum Gasteiger partial charge on any atom is 0.224 e. The Bertz CT molecular complexity index is 489. The van der Waals surface area contributed by atoms with Gasteiger partial charge in [0.2, 0.25) is 5.91 Å². The first-order chi connectivity index (χ1) is 8.24. The summed E-state index contributed by atoms with van der Waals surface area (Å²) >= 11 is 0. The molecule has 0 aliphatic heterocycles. The normalized spacial score (nSPS) is 10.2. The summed E-state index contributed by atoms with van der Waals surface area (Å²) in [6, 6.07) is 11.6. The van der Waals surface area contributed by atoms with E-state index in [0.717, 1.165) is 11.3 Å². The Morgan fingerprint density at radius 1 is 1.29 bits per heavy atom. The third-order valence-electron chi connectivity index (χ3n) is 2.49. The summed E-state index contributed by atoms with van der Waals surface area (Å²) in [5.74, 6) is 0.773. The predicted octanol–water partition coefficient (Wildman–Crippen LogP) is 2.45. The number of nitrogens with one attached hydrogen (secondary N) is 1. The van der Waals surface area contributed by atoms with E-state index < -0.39 is 0 Å². The SMILES string of the molecule is Cc1cccc(CC(=O)NCc2ccco2)c1. The summed E-state index contributed by atoms with van der Waals surface area (Å²) in [7, 11) is 0. The molecular formula is C14H15NO2. The zero-order valence-corrected chi connectivity index (χ0v) is 9.77. The molecule has 3 heteroatoms. The molecule has 0 atom stereocenters. The predicted molar refractivity (Wildman–Crippen MR) is 65.4 cm³/mol. The van der Waals surface area contributed by atoms with Crippen LogP contribution in [0.2, 0.25) is 0 Å². The van der Waals surface area contributed by atoms with Gasteiger partial charge < -0.3 is 9.73 Å². The second-order valence-electron chi connectivity index (χ2n) is 4.02. The second-order valence-corrected chi connectivity index (χ2v) is 4.02. The number of aryl methyl sites for hydroxylation is 1. The van der Waals surface area contributed by atoms with Crippen molar-refractivity contribution in [3.63, 3.8) is 0 Å². The van der Waals surface area contributed by atoms with Crippen LogP contribution >= 0.6 is 0 Å². The fourth-order valence-electron chi connectivity index (χ4n) is 1.67. The summed E-state index contributed by atoms with van der Waals surface area (Å²) in [6.07, 6.45) is 2.00. The Hall–Kier alpha value is -2.03. The van der Waals surface area contributed by atoms with Crippen molar-refractivity contribution in [2.24, 2.45) is 0 Å². The van der Waals surface area contributed by atoms with E-state index in [2.05, 4.69) is 5.32 Å². The van der Waals surface area contributed by atoms with E-state index in [1.54, 1.807) is 6.26 Å². The van der Waals surface area contributed by atoms with Crippen molar-refractivity contribution in [1.29, 1.82) is 0 Å². The maximum absolute atomic E-state index is 11.7. The lowest BCUT2D eigenvalue weighted by atomic mass is 10.1.